The molecular formula is C6H14NO. The number of rotatable bonds is 2. The van der Waals surface area contributed by atoms with Gasteiger partial charge in [0.1, 0.15) is 5.72 Å². The second kappa shape index (κ2) is 2.46. The van der Waals surface area contributed by atoms with Crippen LogP contribution in [0.25, 0.3) is 0 Å². The molecule has 0 atom stereocenters. The van der Waals surface area contributed by atoms with Crippen LogP contribution in [0, 0.1) is 0 Å². The van der Waals surface area contributed by atoms with Gasteiger partial charge in [-0.3, -0.25) is 5.32 Å². The van der Waals surface area contributed by atoms with Gasteiger partial charge in [0.05, 0.1) is 0 Å². The highest BCUT2D eigenvalue weighted by Crippen LogP contribution is 1.96. The highest BCUT2D eigenvalue weighted by Gasteiger charge is 2.14. The van der Waals surface area contributed by atoms with E-state index in [9.17, 15) is 5.11 Å². The molecule has 0 bridgehead atoms. The molecule has 0 aliphatic heterocycles. The molecule has 0 rings (SSSR count). The van der Waals surface area contributed by atoms with Crippen molar-refractivity contribution in [2.75, 3.05) is 0 Å². The summed E-state index contributed by atoms with van der Waals surface area (Å²) in [5, 5.41) is 13.6. The second-order valence-corrected chi connectivity index (χ2v) is 2.81. The van der Waals surface area contributed by atoms with Crippen molar-refractivity contribution in [2.45, 2.75) is 39.5 Å². The monoisotopic (exact) mass is 116 g/mol. The van der Waals surface area contributed by atoms with Gasteiger partial charge in [-0.2, -0.15) is 0 Å². The van der Waals surface area contributed by atoms with Crippen molar-refractivity contribution in [1.29, 1.82) is 0 Å². The van der Waals surface area contributed by atoms with Crippen LogP contribution in [0.15, 0.2) is 0 Å². The summed E-state index contributed by atoms with van der Waals surface area (Å²) in [5.41, 5.74) is -0.978. The fraction of sp³-hybridized carbons (Fsp3) is 1.00. The van der Waals surface area contributed by atoms with Crippen molar-refractivity contribution in [1.82, 2.24) is 5.32 Å². The van der Waals surface area contributed by atoms with E-state index < -0.39 is 5.72 Å². The van der Waals surface area contributed by atoms with Crippen molar-refractivity contribution in [3.8, 4) is 0 Å². The zero-order valence-corrected chi connectivity index (χ0v) is 5.99. The Morgan fingerprint density at radius 3 is 1.75 bits per heavy atom. The van der Waals surface area contributed by atoms with E-state index in [1.165, 1.54) is 0 Å². The highest BCUT2D eigenvalue weighted by atomic mass is 16.3. The molecule has 0 spiro atoms. The fourth-order valence-corrected chi connectivity index (χ4v) is 0.695. The summed E-state index contributed by atoms with van der Waals surface area (Å²) in [7, 11) is 0. The van der Waals surface area contributed by atoms with Crippen LogP contribution in [0.1, 0.15) is 27.7 Å². The molecule has 8 heavy (non-hydrogen) atoms. The summed E-state index contributed by atoms with van der Waals surface area (Å²) in [4.78, 5) is 0. The van der Waals surface area contributed by atoms with E-state index >= 15 is 0 Å². The van der Waals surface area contributed by atoms with E-state index in [2.05, 4.69) is 5.32 Å². The van der Waals surface area contributed by atoms with Crippen molar-refractivity contribution in [2.24, 2.45) is 0 Å². The molecule has 0 saturated carbocycles. The molecule has 0 aliphatic carbocycles. The second-order valence-electron chi connectivity index (χ2n) is 2.81. The molecular weight excluding hydrogens is 102 g/mol. The third-order valence-corrected chi connectivity index (χ3v) is 0.636. The van der Waals surface area contributed by atoms with E-state index in [1.807, 2.05) is 13.8 Å². The zero-order chi connectivity index (χ0) is 6.78. The summed E-state index contributed by atoms with van der Waals surface area (Å²) in [6, 6.07) is 0.280. The summed E-state index contributed by atoms with van der Waals surface area (Å²) < 4.78 is 0. The van der Waals surface area contributed by atoms with Crippen LogP contribution in [0.2, 0.25) is 0 Å². The molecule has 0 fully saturated rings. The van der Waals surface area contributed by atoms with Crippen LogP contribution in [0.3, 0.4) is 0 Å². The molecule has 2 nitrogen and oxygen atoms in total. The van der Waals surface area contributed by atoms with E-state index in [0.29, 0.717) is 0 Å². The Morgan fingerprint density at radius 2 is 1.75 bits per heavy atom. The minimum atomic E-state index is -0.978. The largest absolute Gasteiger partial charge is 0.285 e. The molecule has 0 saturated heterocycles. The Balaban J connectivity index is 3.39. The highest BCUT2D eigenvalue weighted by molar-refractivity contribution is 4.63. The molecule has 0 heterocycles. The fourth-order valence-electron chi connectivity index (χ4n) is 0.695. The Hall–Kier alpha value is -0.0800. The van der Waals surface area contributed by atoms with E-state index in [1.54, 1.807) is 13.8 Å². The van der Waals surface area contributed by atoms with Crippen LogP contribution >= 0.6 is 0 Å². The van der Waals surface area contributed by atoms with Gasteiger partial charge in [0.15, 0.2) is 0 Å². The van der Waals surface area contributed by atoms with Crippen LogP contribution in [-0.4, -0.2) is 11.8 Å². The van der Waals surface area contributed by atoms with Gasteiger partial charge in [0.2, 0.25) is 0 Å². The van der Waals surface area contributed by atoms with Crippen molar-refractivity contribution in [3.63, 3.8) is 0 Å². The van der Waals surface area contributed by atoms with Gasteiger partial charge in [0, 0.05) is 6.04 Å². The van der Waals surface area contributed by atoms with Crippen molar-refractivity contribution < 1.29 is 5.11 Å². The van der Waals surface area contributed by atoms with Crippen molar-refractivity contribution >= 4 is 0 Å². The molecule has 0 aliphatic rings. The molecule has 1 radical (unpaired) electrons. The molecule has 49 valence electrons. The maximum absolute atomic E-state index is 10.8. The van der Waals surface area contributed by atoms with Gasteiger partial charge in [-0.25, -0.2) is 5.11 Å². The number of nitrogens with one attached hydrogen (secondary N) is 1. The summed E-state index contributed by atoms with van der Waals surface area (Å²) in [5.74, 6) is 0. The van der Waals surface area contributed by atoms with Crippen LogP contribution in [0.4, 0.5) is 0 Å². The Morgan fingerprint density at radius 1 is 1.38 bits per heavy atom. The van der Waals surface area contributed by atoms with E-state index in [-0.39, 0.29) is 6.04 Å². The lowest BCUT2D eigenvalue weighted by molar-refractivity contribution is -0.0324. The maximum Gasteiger partial charge on any atom is 0.148 e. The number of hydrogen-bond acceptors (Lipinski definition) is 1. The number of hydrogen-bond donors (Lipinski definition) is 1. The standard InChI is InChI=1S/C6H14NO/c1-5(2)7-6(3,4)8/h5,7H,1-4H3. The summed E-state index contributed by atoms with van der Waals surface area (Å²) in [6.45, 7) is 7.15. The lowest BCUT2D eigenvalue weighted by Gasteiger charge is -2.18. The molecule has 0 amide bonds. The smallest absolute Gasteiger partial charge is 0.148 e. The first-order valence-electron chi connectivity index (χ1n) is 2.90. The van der Waals surface area contributed by atoms with E-state index in [4.69, 9.17) is 0 Å². The topological polar surface area (TPSA) is 31.9 Å². The van der Waals surface area contributed by atoms with Gasteiger partial charge < -0.3 is 0 Å². The molecule has 0 unspecified atom stereocenters. The Bertz CT molecular complexity index is 63.4. The lowest BCUT2D eigenvalue weighted by Crippen LogP contribution is -2.41. The normalized spacial score (nSPS) is 12.8. The van der Waals surface area contributed by atoms with Crippen molar-refractivity contribution in [3.05, 3.63) is 0 Å². The molecule has 0 aromatic carbocycles. The average Bonchev–Trinajstić information content (AvgIpc) is 1.21. The first-order valence-corrected chi connectivity index (χ1v) is 2.90. The van der Waals surface area contributed by atoms with Gasteiger partial charge in [-0.1, -0.05) is 0 Å². The predicted molar refractivity (Wildman–Crippen MR) is 33.0 cm³/mol. The average molecular weight is 116 g/mol. The predicted octanol–water partition coefficient (Wildman–Crippen LogP) is 1.15. The Labute approximate surface area is 50.9 Å². The molecule has 0 aromatic rings. The van der Waals surface area contributed by atoms with Gasteiger partial charge in [-0.15, -0.1) is 0 Å². The van der Waals surface area contributed by atoms with Gasteiger partial charge in [-0.05, 0) is 27.7 Å². The first kappa shape index (κ1) is 7.92. The molecule has 0 aromatic heterocycles. The third-order valence-electron chi connectivity index (χ3n) is 0.636. The minimum Gasteiger partial charge on any atom is -0.285 e. The quantitative estimate of drug-likeness (QED) is 0.539. The van der Waals surface area contributed by atoms with Crippen LogP contribution in [0.5, 0.6) is 0 Å². The van der Waals surface area contributed by atoms with E-state index in [0.717, 1.165) is 0 Å². The first-order chi connectivity index (χ1) is 3.42. The zero-order valence-electron chi connectivity index (χ0n) is 5.99. The minimum absolute atomic E-state index is 0.280. The molecule has 2 heteroatoms. The Kier molecular flexibility index (Phi) is 2.44. The van der Waals surface area contributed by atoms with Crippen LogP contribution < -0.4 is 5.32 Å². The third kappa shape index (κ3) is 5.92. The molecule has 1 N–H and O–H groups in total. The lowest BCUT2D eigenvalue weighted by atomic mass is 10.2. The van der Waals surface area contributed by atoms with Gasteiger partial charge in [0.25, 0.3) is 0 Å². The summed E-state index contributed by atoms with van der Waals surface area (Å²) in [6.07, 6.45) is 0. The summed E-state index contributed by atoms with van der Waals surface area (Å²) >= 11 is 0. The van der Waals surface area contributed by atoms with Crippen LogP contribution in [-0.2, 0) is 5.11 Å². The maximum atomic E-state index is 10.8. The van der Waals surface area contributed by atoms with Gasteiger partial charge >= 0.3 is 0 Å². The SMILES string of the molecule is CC(C)NC(C)(C)[O].